The Labute approximate surface area is 215 Å². The topological polar surface area (TPSA) is 65.1 Å². The molecule has 1 amide bonds. The highest BCUT2D eigenvalue weighted by molar-refractivity contribution is 8.26. The highest BCUT2D eigenvalue weighted by atomic mass is 32.2. The van der Waals surface area contributed by atoms with Gasteiger partial charge in [-0.2, -0.15) is 0 Å². The zero-order valence-corrected chi connectivity index (χ0v) is 22.0. The van der Waals surface area contributed by atoms with Gasteiger partial charge in [-0.3, -0.25) is 9.69 Å². The summed E-state index contributed by atoms with van der Waals surface area (Å²) in [4.78, 5) is 27.8. The summed E-state index contributed by atoms with van der Waals surface area (Å²) in [6, 6.07) is 12.6. The number of benzene rings is 2. The molecule has 2 aliphatic heterocycles. The van der Waals surface area contributed by atoms with Crippen LogP contribution in [0.4, 0.5) is 0 Å². The minimum atomic E-state index is -0.466. The largest absolute Gasteiger partial charge is 0.493 e. The van der Waals surface area contributed by atoms with Crippen LogP contribution < -0.4 is 9.47 Å². The summed E-state index contributed by atoms with van der Waals surface area (Å²) in [5.41, 5.74) is 2.34. The maximum Gasteiger partial charge on any atom is 0.343 e. The zero-order valence-electron chi connectivity index (χ0n) is 20.3. The fourth-order valence-corrected chi connectivity index (χ4v) is 5.20. The summed E-state index contributed by atoms with van der Waals surface area (Å²) in [6.07, 6.45) is 3.76. The van der Waals surface area contributed by atoms with E-state index in [1.807, 2.05) is 12.1 Å². The van der Waals surface area contributed by atoms with Crippen molar-refractivity contribution < 1.29 is 23.8 Å². The smallest absolute Gasteiger partial charge is 0.343 e. The summed E-state index contributed by atoms with van der Waals surface area (Å²) >= 11 is 6.70. The summed E-state index contributed by atoms with van der Waals surface area (Å²) in [5, 5.41) is 0. The van der Waals surface area contributed by atoms with Crippen molar-refractivity contribution in [2.75, 3.05) is 20.3 Å². The Bertz CT molecular complexity index is 1160. The number of rotatable bonds is 6. The van der Waals surface area contributed by atoms with Crippen LogP contribution in [0.1, 0.15) is 55.1 Å². The number of amides is 1. The molecule has 2 aromatic carbocycles. The van der Waals surface area contributed by atoms with Crippen molar-refractivity contribution in [3.63, 3.8) is 0 Å². The van der Waals surface area contributed by atoms with Crippen LogP contribution >= 0.6 is 24.0 Å². The van der Waals surface area contributed by atoms with E-state index in [1.54, 1.807) is 41.3 Å². The van der Waals surface area contributed by atoms with Gasteiger partial charge in [-0.05, 0) is 59.7 Å². The molecule has 0 aromatic heterocycles. The Morgan fingerprint density at radius 3 is 2.57 bits per heavy atom. The molecule has 0 unspecified atom stereocenters. The average molecular weight is 512 g/mol. The second-order valence-corrected chi connectivity index (χ2v) is 11.2. The Kier molecular flexibility index (Phi) is 7.64. The van der Waals surface area contributed by atoms with E-state index in [2.05, 4.69) is 20.8 Å². The number of methoxy groups -OCH3 is 1. The maximum absolute atomic E-state index is 12.9. The average Bonchev–Trinajstić information content (AvgIpc) is 3.43. The molecule has 2 heterocycles. The van der Waals surface area contributed by atoms with Gasteiger partial charge >= 0.3 is 5.97 Å². The highest BCUT2D eigenvalue weighted by Crippen LogP contribution is 2.35. The summed E-state index contributed by atoms with van der Waals surface area (Å²) in [5.74, 6) is 0.115. The second kappa shape index (κ2) is 10.5. The molecule has 1 atom stereocenters. The van der Waals surface area contributed by atoms with Gasteiger partial charge in [0, 0.05) is 6.61 Å². The van der Waals surface area contributed by atoms with E-state index in [1.165, 1.54) is 18.9 Å². The van der Waals surface area contributed by atoms with Crippen molar-refractivity contribution >= 4 is 46.3 Å². The highest BCUT2D eigenvalue weighted by Gasteiger charge is 2.34. The van der Waals surface area contributed by atoms with Crippen LogP contribution in [0, 0.1) is 0 Å². The van der Waals surface area contributed by atoms with Crippen LogP contribution in [-0.2, 0) is 14.9 Å². The van der Waals surface area contributed by atoms with E-state index in [-0.39, 0.29) is 17.4 Å². The third kappa shape index (κ3) is 5.94. The predicted molar refractivity (Wildman–Crippen MR) is 142 cm³/mol. The molecule has 184 valence electrons. The van der Waals surface area contributed by atoms with Crippen molar-refractivity contribution in [3.8, 4) is 11.5 Å². The molecular formula is C27H29NO5S2. The first-order valence-electron chi connectivity index (χ1n) is 11.5. The number of thiocarbonyl (C=S) groups is 1. The van der Waals surface area contributed by atoms with E-state index in [0.29, 0.717) is 32.8 Å². The summed E-state index contributed by atoms with van der Waals surface area (Å²) in [7, 11) is 1.51. The van der Waals surface area contributed by atoms with Crippen LogP contribution in [-0.4, -0.2) is 47.5 Å². The number of hydrogen-bond donors (Lipinski definition) is 0. The molecule has 2 aromatic rings. The molecule has 2 saturated heterocycles. The number of carbonyl (C=O) groups excluding carboxylic acids is 2. The van der Waals surface area contributed by atoms with E-state index < -0.39 is 5.97 Å². The number of thioether (sulfide) groups is 1. The van der Waals surface area contributed by atoms with Gasteiger partial charge in [-0.25, -0.2) is 4.79 Å². The summed E-state index contributed by atoms with van der Waals surface area (Å²) < 4.78 is 17.2. The Balaban J connectivity index is 1.47. The van der Waals surface area contributed by atoms with Gasteiger partial charge in [0.15, 0.2) is 11.5 Å². The van der Waals surface area contributed by atoms with Gasteiger partial charge < -0.3 is 14.2 Å². The Morgan fingerprint density at radius 2 is 1.94 bits per heavy atom. The molecule has 0 saturated carbocycles. The lowest BCUT2D eigenvalue weighted by Gasteiger charge is -2.19. The maximum atomic E-state index is 12.9. The lowest BCUT2D eigenvalue weighted by molar-refractivity contribution is -0.123. The molecule has 0 bridgehead atoms. The molecule has 0 aliphatic carbocycles. The van der Waals surface area contributed by atoms with Gasteiger partial charge in [0.25, 0.3) is 5.91 Å². The standard InChI is InChI=1S/C27H29NO5S2/c1-27(2,3)19-10-8-18(9-11-19)25(30)33-21-12-7-17(14-22(21)31-4)15-23-24(29)28(26(34)35-23)16-20-6-5-13-32-20/h7-12,14-15,20H,5-6,13,16H2,1-4H3/b23-15-/t20-/m0/s1. The fourth-order valence-electron chi connectivity index (χ4n) is 3.92. The van der Waals surface area contributed by atoms with Gasteiger partial charge in [0.1, 0.15) is 4.32 Å². The number of nitrogens with zero attached hydrogens (tertiary/aromatic N) is 1. The third-order valence-electron chi connectivity index (χ3n) is 5.96. The van der Waals surface area contributed by atoms with Crippen molar-refractivity contribution in [2.45, 2.75) is 45.1 Å². The van der Waals surface area contributed by atoms with E-state index in [0.717, 1.165) is 30.6 Å². The zero-order chi connectivity index (χ0) is 25.2. The molecular weight excluding hydrogens is 482 g/mol. The molecule has 35 heavy (non-hydrogen) atoms. The first-order chi connectivity index (χ1) is 16.7. The molecule has 0 N–H and O–H groups in total. The van der Waals surface area contributed by atoms with Crippen molar-refractivity contribution in [1.29, 1.82) is 0 Å². The van der Waals surface area contributed by atoms with Crippen LogP contribution in [0.5, 0.6) is 11.5 Å². The predicted octanol–water partition coefficient (Wildman–Crippen LogP) is 5.59. The van der Waals surface area contributed by atoms with E-state index >= 15 is 0 Å². The van der Waals surface area contributed by atoms with Crippen LogP contribution in [0.2, 0.25) is 0 Å². The second-order valence-electron chi connectivity index (χ2n) is 9.55. The summed E-state index contributed by atoms with van der Waals surface area (Å²) in [6.45, 7) is 7.57. The lowest BCUT2D eigenvalue weighted by Crippen LogP contribution is -2.35. The van der Waals surface area contributed by atoms with E-state index in [9.17, 15) is 9.59 Å². The van der Waals surface area contributed by atoms with E-state index in [4.69, 9.17) is 26.4 Å². The number of hydrogen-bond acceptors (Lipinski definition) is 7. The first kappa shape index (κ1) is 25.4. The van der Waals surface area contributed by atoms with Crippen molar-refractivity contribution in [1.82, 2.24) is 4.90 Å². The first-order valence-corrected chi connectivity index (χ1v) is 12.8. The monoisotopic (exact) mass is 511 g/mol. The molecule has 4 rings (SSSR count). The minimum Gasteiger partial charge on any atom is -0.493 e. The normalized spacial score (nSPS) is 19.5. The molecule has 2 aliphatic rings. The molecule has 0 spiro atoms. The Morgan fingerprint density at radius 1 is 1.20 bits per heavy atom. The van der Waals surface area contributed by atoms with Crippen LogP contribution in [0.15, 0.2) is 47.4 Å². The molecule has 6 nitrogen and oxygen atoms in total. The number of carbonyl (C=O) groups is 2. The fraction of sp³-hybridized carbons (Fsp3) is 0.370. The molecule has 2 fully saturated rings. The SMILES string of the molecule is COc1cc(/C=C2\SC(=S)N(C[C@@H]3CCCO3)C2=O)ccc1OC(=O)c1ccc(C(C)(C)C)cc1. The van der Waals surface area contributed by atoms with Gasteiger partial charge in [-0.15, -0.1) is 0 Å². The van der Waals surface area contributed by atoms with Crippen molar-refractivity contribution in [2.24, 2.45) is 0 Å². The molecule has 0 radical (unpaired) electrons. The third-order valence-corrected chi connectivity index (χ3v) is 7.34. The van der Waals surface area contributed by atoms with Crippen LogP contribution in [0.3, 0.4) is 0 Å². The van der Waals surface area contributed by atoms with Crippen LogP contribution in [0.25, 0.3) is 6.08 Å². The van der Waals surface area contributed by atoms with Gasteiger partial charge in [0.05, 0.1) is 30.2 Å². The molecule has 8 heteroatoms. The number of esters is 1. The van der Waals surface area contributed by atoms with Gasteiger partial charge in [0.2, 0.25) is 0 Å². The van der Waals surface area contributed by atoms with Crippen molar-refractivity contribution in [3.05, 3.63) is 64.1 Å². The minimum absolute atomic E-state index is 0.0000323. The Hall–Kier alpha value is -2.68. The van der Waals surface area contributed by atoms with Gasteiger partial charge in [-0.1, -0.05) is 63.0 Å². The number of ether oxygens (including phenoxy) is 3. The lowest BCUT2D eigenvalue weighted by atomic mass is 9.87. The quantitative estimate of drug-likeness (QED) is 0.217.